The minimum Gasteiger partial charge on any atom is -0.481 e. The molecule has 16 heavy (non-hydrogen) atoms. The van der Waals surface area contributed by atoms with Crippen LogP contribution in [0, 0.1) is 0 Å². The van der Waals surface area contributed by atoms with Crippen LogP contribution in [0.4, 0.5) is 5.69 Å². The summed E-state index contributed by atoms with van der Waals surface area (Å²) in [6.07, 6.45) is 2.36. The highest BCUT2D eigenvalue weighted by molar-refractivity contribution is 5.71. The summed E-state index contributed by atoms with van der Waals surface area (Å²) in [6, 6.07) is 6.04. The molecule has 1 aromatic carbocycles. The molecular weight excluding hydrogens is 202 g/mol. The second-order valence-corrected chi connectivity index (χ2v) is 4.22. The number of benzene rings is 1. The van der Waals surface area contributed by atoms with Crippen molar-refractivity contribution < 1.29 is 9.90 Å². The number of carboxylic acid groups (broad SMARTS) is 1. The van der Waals surface area contributed by atoms with E-state index in [2.05, 4.69) is 17.9 Å². The van der Waals surface area contributed by atoms with Crippen LogP contribution >= 0.6 is 0 Å². The largest absolute Gasteiger partial charge is 0.481 e. The number of nitrogens with zero attached hydrogens (tertiary/aromatic N) is 1. The smallest absolute Gasteiger partial charge is 0.307 e. The van der Waals surface area contributed by atoms with Crippen molar-refractivity contribution in [2.24, 2.45) is 0 Å². The number of anilines is 1. The SMILES string of the molecule is CCN1CCCc2cc(CC(=O)O)ccc21. The molecule has 86 valence electrons. The van der Waals surface area contributed by atoms with Gasteiger partial charge < -0.3 is 10.0 Å². The summed E-state index contributed by atoms with van der Waals surface area (Å²) in [5, 5.41) is 8.76. The van der Waals surface area contributed by atoms with Crippen LogP contribution in [0.15, 0.2) is 18.2 Å². The molecule has 0 atom stereocenters. The molecule has 1 aliphatic heterocycles. The molecule has 3 heteroatoms. The van der Waals surface area contributed by atoms with Crippen LogP contribution in [0.2, 0.25) is 0 Å². The molecule has 1 aromatic rings. The Labute approximate surface area is 95.7 Å². The maximum absolute atomic E-state index is 10.6. The number of carboxylic acids is 1. The van der Waals surface area contributed by atoms with Gasteiger partial charge in [-0.2, -0.15) is 0 Å². The van der Waals surface area contributed by atoms with Gasteiger partial charge in [-0.05, 0) is 37.0 Å². The number of rotatable bonds is 3. The first kappa shape index (κ1) is 11.0. The second kappa shape index (κ2) is 4.56. The highest BCUT2D eigenvalue weighted by Gasteiger charge is 2.15. The number of hydrogen-bond acceptors (Lipinski definition) is 2. The van der Waals surface area contributed by atoms with E-state index >= 15 is 0 Å². The molecular formula is C13H17NO2. The molecule has 0 fully saturated rings. The quantitative estimate of drug-likeness (QED) is 0.846. The highest BCUT2D eigenvalue weighted by atomic mass is 16.4. The van der Waals surface area contributed by atoms with Crippen molar-refractivity contribution in [3.63, 3.8) is 0 Å². The topological polar surface area (TPSA) is 40.5 Å². The third-order valence-electron chi connectivity index (χ3n) is 3.10. The standard InChI is InChI=1S/C13H17NO2/c1-2-14-7-3-4-11-8-10(9-13(15)16)5-6-12(11)14/h5-6,8H,2-4,7,9H2,1H3,(H,15,16). The predicted octanol–water partition coefficient (Wildman–Crippen LogP) is 2.09. The van der Waals surface area contributed by atoms with Crippen LogP contribution in [0.25, 0.3) is 0 Å². The molecule has 1 aliphatic rings. The van der Waals surface area contributed by atoms with Crippen LogP contribution in [0.1, 0.15) is 24.5 Å². The van der Waals surface area contributed by atoms with Crippen molar-refractivity contribution in [3.8, 4) is 0 Å². The molecule has 0 saturated heterocycles. The summed E-state index contributed by atoms with van der Waals surface area (Å²) >= 11 is 0. The van der Waals surface area contributed by atoms with Crippen LogP contribution in [-0.4, -0.2) is 24.2 Å². The first-order chi connectivity index (χ1) is 7.70. The Morgan fingerprint density at radius 3 is 3.00 bits per heavy atom. The number of carbonyl (C=O) groups is 1. The molecule has 1 N–H and O–H groups in total. The third-order valence-corrected chi connectivity index (χ3v) is 3.10. The molecule has 0 bridgehead atoms. The second-order valence-electron chi connectivity index (χ2n) is 4.22. The van der Waals surface area contributed by atoms with Gasteiger partial charge in [0.25, 0.3) is 0 Å². The third kappa shape index (κ3) is 2.18. The molecule has 0 saturated carbocycles. The lowest BCUT2D eigenvalue weighted by molar-refractivity contribution is -0.136. The molecule has 0 aliphatic carbocycles. The van der Waals surface area contributed by atoms with Gasteiger partial charge in [0.2, 0.25) is 0 Å². The summed E-state index contributed by atoms with van der Waals surface area (Å²) in [5.74, 6) is -0.761. The van der Waals surface area contributed by atoms with Crippen LogP contribution < -0.4 is 4.90 Å². The number of aryl methyl sites for hydroxylation is 1. The lowest BCUT2D eigenvalue weighted by atomic mass is 9.98. The van der Waals surface area contributed by atoms with Gasteiger partial charge in [-0.25, -0.2) is 0 Å². The first-order valence-corrected chi connectivity index (χ1v) is 5.79. The van der Waals surface area contributed by atoms with E-state index in [1.54, 1.807) is 0 Å². The van der Waals surface area contributed by atoms with Crippen molar-refractivity contribution in [1.82, 2.24) is 0 Å². The molecule has 0 aromatic heterocycles. The minimum absolute atomic E-state index is 0.124. The lowest BCUT2D eigenvalue weighted by Crippen LogP contribution is -2.28. The van der Waals surface area contributed by atoms with E-state index in [1.165, 1.54) is 11.3 Å². The molecule has 0 radical (unpaired) electrons. The van der Waals surface area contributed by atoms with Gasteiger partial charge in [-0.1, -0.05) is 12.1 Å². The van der Waals surface area contributed by atoms with Crippen molar-refractivity contribution >= 4 is 11.7 Å². The van der Waals surface area contributed by atoms with E-state index in [9.17, 15) is 4.79 Å². The fourth-order valence-corrected chi connectivity index (χ4v) is 2.34. The Hall–Kier alpha value is -1.51. The summed E-state index contributed by atoms with van der Waals surface area (Å²) in [6.45, 7) is 4.29. The Morgan fingerprint density at radius 1 is 1.50 bits per heavy atom. The molecule has 1 heterocycles. The van der Waals surface area contributed by atoms with Crippen molar-refractivity contribution in [2.75, 3.05) is 18.0 Å². The zero-order valence-corrected chi connectivity index (χ0v) is 9.57. The van der Waals surface area contributed by atoms with E-state index in [-0.39, 0.29) is 6.42 Å². The van der Waals surface area contributed by atoms with Crippen LogP contribution in [0.5, 0.6) is 0 Å². The van der Waals surface area contributed by atoms with Crippen LogP contribution in [-0.2, 0) is 17.6 Å². The maximum atomic E-state index is 10.6. The average molecular weight is 219 g/mol. The van der Waals surface area contributed by atoms with Gasteiger partial charge in [-0.3, -0.25) is 4.79 Å². The molecule has 0 unspecified atom stereocenters. The van der Waals surface area contributed by atoms with Gasteiger partial charge in [0, 0.05) is 18.8 Å². The summed E-state index contributed by atoms with van der Waals surface area (Å²) in [7, 11) is 0. The van der Waals surface area contributed by atoms with Gasteiger partial charge in [-0.15, -0.1) is 0 Å². The first-order valence-electron chi connectivity index (χ1n) is 5.79. The Morgan fingerprint density at radius 2 is 2.31 bits per heavy atom. The fourth-order valence-electron chi connectivity index (χ4n) is 2.34. The van der Waals surface area contributed by atoms with Gasteiger partial charge >= 0.3 is 5.97 Å². The van der Waals surface area contributed by atoms with Crippen molar-refractivity contribution in [2.45, 2.75) is 26.2 Å². The zero-order valence-electron chi connectivity index (χ0n) is 9.57. The van der Waals surface area contributed by atoms with Gasteiger partial charge in [0.1, 0.15) is 0 Å². The van der Waals surface area contributed by atoms with E-state index < -0.39 is 5.97 Å². The summed E-state index contributed by atoms with van der Waals surface area (Å²) in [5.41, 5.74) is 3.49. The van der Waals surface area contributed by atoms with E-state index in [1.807, 2.05) is 12.1 Å². The van der Waals surface area contributed by atoms with E-state index in [0.29, 0.717) is 0 Å². The number of fused-ring (bicyclic) bond motifs is 1. The fraction of sp³-hybridized carbons (Fsp3) is 0.462. The van der Waals surface area contributed by atoms with Crippen molar-refractivity contribution in [3.05, 3.63) is 29.3 Å². The normalized spacial score (nSPS) is 14.7. The summed E-state index contributed by atoms with van der Waals surface area (Å²) < 4.78 is 0. The predicted molar refractivity (Wildman–Crippen MR) is 64.0 cm³/mol. The van der Waals surface area contributed by atoms with Gasteiger partial charge in [0.15, 0.2) is 0 Å². The molecule has 2 rings (SSSR count). The highest BCUT2D eigenvalue weighted by Crippen LogP contribution is 2.27. The van der Waals surface area contributed by atoms with E-state index in [4.69, 9.17) is 5.11 Å². The summed E-state index contributed by atoms with van der Waals surface area (Å²) in [4.78, 5) is 13.0. The van der Waals surface area contributed by atoms with Crippen LogP contribution in [0.3, 0.4) is 0 Å². The maximum Gasteiger partial charge on any atom is 0.307 e. The molecule has 0 amide bonds. The molecule has 3 nitrogen and oxygen atoms in total. The Kier molecular flexibility index (Phi) is 3.13. The lowest BCUT2D eigenvalue weighted by Gasteiger charge is -2.30. The Balaban J connectivity index is 2.28. The monoisotopic (exact) mass is 219 g/mol. The van der Waals surface area contributed by atoms with Gasteiger partial charge in [0.05, 0.1) is 6.42 Å². The minimum atomic E-state index is -0.761. The Bertz CT molecular complexity index is 401. The average Bonchev–Trinajstić information content (AvgIpc) is 2.27. The zero-order chi connectivity index (χ0) is 11.5. The van der Waals surface area contributed by atoms with Crippen molar-refractivity contribution in [1.29, 1.82) is 0 Å². The molecule has 0 spiro atoms. The van der Waals surface area contributed by atoms with E-state index in [0.717, 1.165) is 31.5 Å². The number of hydrogen-bond donors (Lipinski definition) is 1. The number of aliphatic carboxylic acids is 1.